The molecule has 2 rings (SSSR count). The van der Waals surface area contributed by atoms with Crippen molar-refractivity contribution in [2.75, 3.05) is 20.2 Å². The Labute approximate surface area is 79.1 Å². The van der Waals surface area contributed by atoms with Crippen LogP contribution < -0.4 is 0 Å². The first-order valence-corrected chi connectivity index (χ1v) is 5.20. The average molecular weight is 187 g/mol. The van der Waals surface area contributed by atoms with Crippen LogP contribution in [0.2, 0.25) is 0 Å². The molecular weight excluding hydrogens is 169 g/mol. The molecule has 2 aliphatic rings. The fourth-order valence-electron chi connectivity index (χ4n) is 2.42. The van der Waals surface area contributed by atoms with Crippen molar-refractivity contribution in [2.24, 2.45) is 0 Å². The Morgan fingerprint density at radius 2 is 2.08 bits per heavy atom. The second-order valence-electron chi connectivity index (χ2n) is 4.23. The maximum atomic E-state index is 12.6. The van der Waals surface area contributed by atoms with E-state index in [1.54, 1.807) is 7.11 Å². The van der Waals surface area contributed by atoms with Crippen LogP contribution in [0.4, 0.5) is 4.39 Å². The summed E-state index contributed by atoms with van der Waals surface area (Å²) in [5.41, 5.74) is 0. The van der Waals surface area contributed by atoms with Gasteiger partial charge in [-0.15, -0.1) is 0 Å². The molecule has 0 spiro atoms. The van der Waals surface area contributed by atoms with E-state index in [1.165, 1.54) is 19.3 Å². The van der Waals surface area contributed by atoms with E-state index in [9.17, 15) is 4.39 Å². The first-order chi connectivity index (χ1) is 6.29. The maximum Gasteiger partial charge on any atom is 0.125 e. The molecule has 1 saturated heterocycles. The van der Waals surface area contributed by atoms with Crippen molar-refractivity contribution >= 4 is 0 Å². The average Bonchev–Trinajstić information content (AvgIpc) is 2.13. The zero-order chi connectivity index (χ0) is 9.26. The highest BCUT2D eigenvalue weighted by atomic mass is 19.1. The number of alkyl halides is 1. The minimum atomic E-state index is -0.567. The number of ether oxygens (including phenoxy) is 1. The first-order valence-electron chi connectivity index (χ1n) is 5.20. The lowest BCUT2D eigenvalue weighted by Crippen LogP contribution is -2.55. The predicted molar refractivity (Wildman–Crippen MR) is 49.5 cm³/mol. The molecule has 13 heavy (non-hydrogen) atoms. The van der Waals surface area contributed by atoms with Gasteiger partial charge in [0.1, 0.15) is 6.17 Å². The third kappa shape index (κ3) is 2.02. The van der Waals surface area contributed by atoms with Crippen molar-refractivity contribution in [1.29, 1.82) is 0 Å². The summed E-state index contributed by atoms with van der Waals surface area (Å²) in [6.07, 6.45) is 4.59. The van der Waals surface area contributed by atoms with E-state index in [0.717, 1.165) is 6.42 Å². The van der Waals surface area contributed by atoms with Crippen LogP contribution in [0.5, 0.6) is 0 Å². The Bertz CT molecular complexity index is 170. The number of hydrogen-bond acceptors (Lipinski definition) is 2. The van der Waals surface area contributed by atoms with Crippen molar-refractivity contribution in [3.63, 3.8) is 0 Å². The third-order valence-corrected chi connectivity index (χ3v) is 3.31. The second kappa shape index (κ2) is 3.93. The highest BCUT2D eigenvalue weighted by Gasteiger charge is 2.34. The molecule has 1 saturated carbocycles. The zero-order valence-corrected chi connectivity index (χ0v) is 8.21. The topological polar surface area (TPSA) is 12.5 Å². The van der Waals surface area contributed by atoms with Crippen LogP contribution in [0, 0.1) is 0 Å². The van der Waals surface area contributed by atoms with Gasteiger partial charge in [0.2, 0.25) is 0 Å². The predicted octanol–water partition coefficient (Wildman–Crippen LogP) is 1.60. The molecule has 3 heteroatoms. The Morgan fingerprint density at radius 3 is 2.69 bits per heavy atom. The van der Waals surface area contributed by atoms with Gasteiger partial charge >= 0.3 is 0 Å². The lowest BCUT2D eigenvalue weighted by Gasteiger charge is -2.43. The first kappa shape index (κ1) is 9.41. The molecule has 0 aromatic heterocycles. The largest absolute Gasteiger partial charge is 0.381 e. The normalized spacial score (nSPS) is 37.4. The molecular formula is C10H18FNO. The number of hydrogen-bond donors (Lipinski definition) is 0. The molecule has 76 valence electrons. The zero-order valence-electron chi connectivity index (χ0n) is 8.21. The number of likely N-dealkylation sites (tertiary alicyclic amines) is 1. The molecule has 0 amide bonds. The van der Waals surface area contributed by atoms with Crippen LogP contribution >= 0.6 is 0 Å². The summed E-state index contributed by atoms with van der Waals surface area (Å²) in [5.74, 6) is 0. The SMILES string of the molecule is COC1CCCC(N2CC(F)C2)C1. The molecule has 0 aromatic carbocycles. The van der Waals surface area contributed by atoms with Crippen molar-refractivity contribution in [1.82, 2.24) is 4.90 Å². The molecule has 2 atom stereocenters. The van der Waals surface area contributed by atoms with Crippen LogP contribution in [0.25, 0.3) is 0 Å². The quantitative estimate of drug-likeness (QED) is 0.651. The van der Waals surface area contributed by atoms with Gasteiger partial charge in [0.05, 0.1) is 6.10 Å². The van der Waals surface area contributed by atoms with Crippen molar-refractivity contribution in [3.8, 4) is 0 Å². The van der Waals surface area contributed by atoms with Crippen molar-refractivity contribution in [2.45, 2.75) is 44.0 Å². The monoisotopic (exact) mass is 187 g/mol. The van der Waals surface area contributed by atoms with Gasteiger partial charge in [0.25, 0.3) is 0 Å². The summed E-state index contributed by atoms with van der Waals surface area (Å²) in [7, 11) is 1.78. The molecule has 0 N–H and O–H groups in total. The fourth-order valence-corrected chi connectivity index (χ4v) is 2.42. The van der Waals surface area contributed by atoms with Gasteiger partial charge < -0.3 is 4.74 Å². The summed E-state index contributed by atoms with van der Waals surface area (Å²) in [4.78, 5) is 2.26. The lowest BCUT2D eigenvalue weighted by atomic mass is 9.90. The Balaban J connectivity index is 1.79. The van der Waals surface area contributed by atoms with E-state index in [1.807, 2.05) is 0 Å². The van der Waals surface area contributed by atoms with E-state index in [-0.39, 0.29) is 0 Å². The van der Waals surface area contributed by atoms with Crippen LogP contribution in [0.15, 0.2) is 0 Å². The smallest absolute Gasteiger partial charge is 0.125 e. The maximum absolute atomic E-state index is 12.6. The summed E-state index contributed by atoms with van der Waals surface area (Å²) >= 11 is 0. The summed E-state index contributed by atoms with van der Waals surface area (Å²) in [5, 5.41) is 0. The molecule has 0 aromatic rings. The number of nitrogens with zero attached hydrogens (tertiary/aromatic N) is 1. The highest BCUT2D eigenvalue weighted by Crippen LogP contribution is 2.28. The Kier molecular flexibility index (Phi) is 2.84. The van der Waals surface area contributed by atoms with Gasteiger partial charge in [-0.05, 0) is 25.7 Å². The minimum Gasteiger partial charge on any atom is -0.381 e. The number of rotatable bonds is 2. The Hall–Kier alpha value is -0.150. The molecule has 2 fully saturated rings. The van der Waals surface area contributed by atoms with Crippen LogP contribution in [-0.4, -0.2) is 43.4 Å². The van der Waals surface area contributed by atoms with Gasteiger partial charge in [-0.25, -0.2) is 4.39 Å². The molecule has 0 bridgehead atoms. The van der Waals surface area contributed by atoms with Gasteiger partial charge in [0, 0.05) is 26.2 Å². The van der Waals surface area contributed by atoms with E-state index in [2.05, 4.69) is 4.90 Å². The molecule has 0 radical (unpaired) electrons. The number of halogens is 1. The minimum absolute atomic E-state index is 0.414. The summed E-state index contributed by atoms with van der Waals surface area (Å²) in [6, 6.07) is 0.589. The summed E-state index contributed by atoms with van der Waals surface area (Å²) < 4.78 is 18.0. The van der Waals surface area contributed by atoms with Crippen molar-refractivity contribution in [3.05, 3.63) is 0 Å². The van der Waals surface area contributed by atoms with Gasteiger partial charge in [-0.2, -0.15) is 0 Å². The molecule has 1 heterocycles. The third-order valence-electron chi connectivity index (χ3n) is 3.31. The van der Waals surface area contributed by atoms with Crippen molar-refractivity contribution < 1.29 is 9.13 Å². The fraction of sp³-hybridized carbons (Fsp3) is 1.00. The molecule has 2 unspecified atom stereocenters. The van der Waals surface area contributed by atoms with E-state index in [4.69, 9.17) is 4.74 Å². The standard InChI is InChI=1S/C10H18FNO/c1-13-10-4-2-3-9(5-10)12-6-8(11)7-12/h8-10H,2-7H2,1H3. The van der Waals surface area contributed by atoms with Crippen LogP contribution in [0.1, 0.15) is 25.7 Å². The summed E-state index contributed by atoms with van der Waals surface area (Å²) in [6.45, 7) is 1.31. The van der Waals surface area contributed by atoms with Gasteiger partial charge in [0.15, 0.2) is 0 Å². The second-order valence-corrected chi connectivity index (χ2v) is 4.23. The Morgan fingerprint density at radius 1 is 1.31 bits per heavy atom. The van der Waals surface area contributed by atoms with Gasteiger partial charge in [-0.1, -0.05) is 0 Å². The van der Waals surface area contributed by atoms with E-state index >= 15 is 0 Å². The van der Waals surface area contributed by atoms with E-state index < -0.39 is 6.17 Å². The highest BCUT2D eigenvalue weighted by molar-refractivity contribution is 4.89. The van der Waals surface area contributed by atoms with Crippen LogP contribution in [-0.2, 0) is 4.74 Å². The van der Waals surface area contributed by atoms with Crippen LogP contribution in [0.3, 0.4) is 0 Å². The molecule has 1 aliphatic carbocycles. The van der Waals surface area contributed by atoms with Gasteiger partial charge in [-0.3, -0.25) is 4.90 Å². The lowest BCUT2D eigenvalue weighted by molar-refractivity contribution is -0.0238. The molecule has 2 nitrogen and oxygen atoms in total. The molecule has 1 aliphatic heterocycles. The van der Waals surface area contributed by atoms with E-state index in [0.29, 0.717) is 25.2 Å². The number of methoxy groups -OCH3 is 1.